The van der Waals surface area contributed by atoms with E-state index in [0.29, 0.717) is 10.8 Å². The van der Waals surface area contributed by atoms with Crippen LogP contribution in [0.5, 0.6) is 0 Å². The van der Waals surface area contributed by atoms with Gasteiger partial charge in [0.25, 0.3) is 0 Å². The van der Waals surface area contributed by atoms with Crippen LogP contribution in [0.15, 0.2) is 0 Å². The van der Waals surface area contributed by atoms with Crippen LogP contribution >= 0.6 is 11.3 Å². The van der Waals surface area contributed by atoms with Gasteiger partial charge in [0, 0.05) is 12.8 Å². The molecule has 1 aromatic rings. The van der Waals surface area contributed by atoms with Crippen molar-refractivity contribution in [2.45, 2.75) is 44.9 Å². The maximum atomic E-state index is 11.6. The Balaban J connectivity index is 2.32. The van der Waals surface area contributed by atoms with Gasteiger partial charge >= 0.3 is 5.97 Å². The van der Waals surface area contributed by atoms with E-state index in [1.807, 2.05) is 0 Å². The van der Waals surface area contributed by atoms with Gasteiger partial charge in [-0.2, -0.15) is 0 Å². The van der Waals surface area contributed by atoms with E-state index in [4.69, 9.17) is 0 Å². The Morgan fingerprint density at radius 1 is 1.28 bits per heavy atom. The number of carbonyl (C=O) groups excluding carboxylic acids is 2. The molecule has 0 unspecified atom stereocenters. The summed E-state index contributed by atoms with van der Waals surface area (Å²) in [5, 5.41) is 0.917. The molecule has 0 saturated heterocycles. The molecule has 2 rings (SSSR count). The Hall–Kier alpha value is -1.23. The first-order chi connectivity index (χ1) is 8.63. The molecule has 0 bridgehead atoms. The first kappa shape index (κ1) is 13.2. The minimum atomic E-state index is -0.515. The number of hydrogen-bond acceptors (Lipinski definition) is 5. The quantitative estimate of drug-likeness (QED) is 0.623. The number of thiazole rings is 1. The van der Waals surface area contributed by atoms with Gasteiger partial charge in [-0.3, -0.25) is 4.79 Å². The fraction of sp³-hybridized carbons (Fsp3) is 0.615. The fourth-order valence-electron chi connectivity index (χ4n) is 2.33. The number of rotatable bonds is 3. The summed E-state index contributed by atoms with van der Waals surface area (Å²) in [6, 6.07) is 0. The summed E-state index contributed by atoms with van der Waals surface area (Å²) in [5.74, 6) is -0.228. The number of Topliss-reactive ketones (excluding diaryl/α,β-unsaturated/α-hetero) is 1. The average Bonchev–Trinajstić information content (AvgIpc) is 2.84. The van der Waals surface area contributed by atoms with Gasteiger partial charge in [0.1, 0.15) is 4.88 Å². The number of methoxy groups -OCH3 is 1. The monoisotopic (exact) mass is 267 g/mol. The zero-order chi connectivity index (χ0) is 13.1. The van der Waals surface area contributed by atoms with Crippen molar-refractivity contribution in [3.63, 3.8) is 0 Å². The molecular formula is C13H17NO3S. The summed E-state index contributed by atoms with van der Waals surface area (Å²) >= 11 is 1.36. The summed E-state index contributed by atoms with van der Waals surface area (Å²) in [4.78, 5) is 27.9. The molecule has 0 N–H and O–H groups in total. The number of ether oxygens (including phenoxy) is 1. The van der Waals surface area contributed by atoms with Gasteiger partial charge < -0.3 is 4.74 Å². The molecule has 1 fully saturated rings. The first-order valence-corrected chi connectivity index (χ1v) is 7.05. The molecule has 0 radical (unpaired) electrons. The molecule has 1 aromatic heterocycles. The predicted octanol–water partition coefficient (Wildman–Crippen LogP) is 3.18. The van der Waals surface area contributed by atoms with E-state index in [2.05, 4.69) is 9.72 Å². The van der Waals surface area contributed by atoms with Gasteiger partial charge in [0.2, 0.25) is 0 Å². The molecule has 0 amide bonds. The van der Waals surface area contributed by atoms with Gasteiger partial charge in [-0.15, -0.1) is 11.3 Å². The molecule has 0 aliphatic heterocycles. The van der Waals surface area contributed by atoms with Crippen LogP contribution in [-0.4, -0.2) is 23.8 Å². The number of ketones is 1. The molecule has 1 heterocycles. The SMILES string of the molecule is COC(=O)c1nc(C2CCCCC2)sc1C(C)=O. The Kier molecular flexibility index (Phi) is 4.11. The Morgan fingerprint density at radius 2 is 1.94 bits per heavy atom. The molecule has 1 aliphatic carbocycles. The van der Waals surface area contributed by atoms with Crippen molar-refractivity contribution in [1.29, 1.82) is 0 Å². The van der Waals surface area contributed by atoms with Crippen molar-refractivity contribution >= 4 is 23.1 Å². The highest BCUT2D eigenvalue weighted by Crippen LogP contribution is 2.36. The van der Waals surface area contributed by atoms with Crippen molar-refractivity contribution in [3.05, 3.63) is 15.6 Å². The number of nitrogens with zero attached hydrogens (tertiary/aromatic N) is 1. The van der Waals surface area contributed by atoms with E-state index in [1.54, 1.807) is 0 Å². The van der Waals surface area contributed by atoms with E-state index in [9.17, 15) is 9.59 Å². The van der Waals surface area contributed by atoms with Gasteiger partial charge in [-0.05, 0) is 12.8 Å². The maximum Gasteiger partial charge on any atom is 0.358 e. The van der Waals surface area contributed by atoms with Crippen LogP contribution in [0.2, 0.25) is 0 Å². The second kappa shape index (κ2) is 5.61. The summed E-state index contributed by atoms with van der Waals surface area (Å²) in [6.07, 6.45) is 5.88. The topological polar surface area (TPSA) is 56.3 Å². The van der Waals surface area contributed by atoms with Crippen LogP contribution in [0.3, 0.4) is 0 Å². The third-order valence-electron chi connectivity index (χ3n) is 3.30. The first-order valence-electron chi connectivity index (χ1n) is 6.23. The molecule has 5 heteroatoms. The van der Waals surface area contributed by atoms with Crippen molar-refractivity contribution in [2.24, 2.45) is 0 Å². The van der Waals surface area contributed by atoms with Crippen molar-refractivity contribution < 1.29 is 14.3 Å². The minimum Gasteiger partial charge on any atom is -0.464 e. The third kappa shape index (κ3) is 2.61. The predicted molar refractivity (Wildman–Crippen MR) is 69.3 cm³/mol. The van der Waals surface area contributed by atoms with Gasteiger partial charge in [0.05, 0.1) is 12.1 Å². The van der Waals surface area contributed by atoms with E-state index in [1.165, 1.54) is 44.6 Å². The zero-order valence-corrected chi connectivity index (χ0v) is 11.5. The van der Waals surface area contributed by atoms with E-state index in [-0.39, 0.29) is 11.5 Å². The highest BCUT2D eigenvalue weighted by molar-refractivity contribution is 7.14. The van der Waals surface area contributed by atoms with E-state index >= 15 is 0 Å². The summed E-state index contributed by atoms with van der Waals surface area (Å²) in [5.41, 5.74) is 0.190. The number of carbonyl (C=O) groups is 2. The van der Waals surface area contributed by atoms with Crippen LogP contribution in [-0.2, 0) is 4.74 Å². The lowest BCUT2D eigenvalue weighted by Gasteiger charge is -2.18. The highest BCUT2D eigenvalue weighted by Gasteiger charge is 2.26. The highest BCUT2D eigenvalue weighted by atomic mass is 32.1. The van der Waals surface area contributed by atoms with Crippen LogP contribution in [0.4, 0.5) is 0 Å². The van der Waals surface area contributed by atoms with Crippen LogP contribution in [0.25, 0.3) is 0 Å². The van der Waals surface area contributed by atoms with Crippen LogP contribution in [0, 0.1) is 0 Å². The summed E-state index contributed by atoms with van der Waals surface area (Å²) in [7, 11) is 1.31. The summed E-state index contributed by atoms with van der Waals surface area (Å²) in [6.45, 7) is 1.46. The van der Waals surface area contributed by atoms with Gasteiger partial charge in [-0.25, -0.2) is 9.78 Å². The number of aromatic nitrogens is 1. The van der Waals surface area contributed by atoms with Crippen molar-refractivity contribution in [2.75, 3.05) is 7.11 Å². The smallest absolute Gasteiger partial charge is 0.358 e. The molecule has 4 nitrogen and oxygen atoms in total. The van der Waals surface area contributed by atoms with Crippen molar-refractivity contribution in [1.82, 2.24) is 4.98 Å². The normalized spacial score (nSPS) is 16.6. The average molecular weight is 267 g/mol. The maximum absolute atomic E-state index is 11.6. The fourth-order valence-corrected chi connectivity index (χ4v) is 3.45. The third-order valence-corrected chi connectivity index (χ3v) is 4.62. The van der Waals surface area contributed by atoms with Gasteiger partial charge in [-0.1, -0.05) is 19.3 Å². The lowest BCUT2D eigenvalue weighted by atomic mass is 9.90. The van der Waals surface area contributed by atoms with Crippen molar-refractivity contribution in [3.8, 4) is 0 Å². The second-order valence-electron chi connectivity index (χ2n) is 4.61. The lowest BCUT2D eigenvalue weighted by molar-refractivity contribution is 0.0591. The molecule has 0 aromatic carbocycles. The molecule has 0 atom stereocenters. The Bertz CT molecular complexity index is 461. The zero-order valence-electron chi connectivity index (χ0n) is 10.7. The Labute approximate surface area is 110 Å². The Morgan fingerprint density at radius 3 is 2.50 bits per heavy atom. The minimum absolute atomic E-state index is 0.116. The molecule has 1 aliphatic rings. The molecule has 0 spiro atoms. The lowest BCUT2D eigenvalue weighted by Crippen LogP contribution is -2.08. The largest absolute Gasteiger partial charge is 0.464 e. The van der Waals surface area contributed by atoms with Crippen LogP contribution < -0.4 is 0 Å². The molecule has 98 valence electrons. The van der Waals surface area contributed by atoms with E-state index < -0.39 is 5.97 Å². The van der Waals surface area contributed by atoms with E-state index in [0.717, 1.165) is 17.8 Å². The second-order valence-corrected chi connectivity index (χ2v) is 5.64. The summed E-state index contributed by atoms with van der Waals surface area (Å²) < 4.78 is 4.68. The standard InChI is InChI=1S/C13H17NO3S/c1-8(15)11-10(13(16)17-2)14-12(18-11)9-6-4-3-5-7-9/h9H,3-7H2,1-2H3. The molecule has 18 heavy (non-hydrogen) atoms. The molecular weight excluding hydrogens is 250 g/mol. The van der Waals surface area contributed by atoms with Crippen LogP contribution in [0.1, 0.15) is 70.1 Å². The number of esters is 1. The van der Waals surface area contributed by atoms with Gasteiger partial charge in [0.15, 0.2) is 11.5 Å². The number of hydrogen-bond donors (Lipinski definition) is 0. The molecule has 1 saturated carbocycles.